The highest BCUT2D eigenvalue weighted by Crippen LogP contribution is 2.24. The number of hydrogen-bond donors (Lipinski definition) is 1. The van der Waals surface area contributed by atoms with Crippen LogP contribution in [0.4, 0.5) is 0 Å². The molecule has 82 valence electrons. The average Bonchev–Trinajstić information content (AvgIpc) is 2.96. The van der Waals surface area contributed by atoms with E-state index >= 15 is 0 Å². The van der Waals surface area contributed by atoms with E-state index in [4.69, 9.17) is 10.5 Å². The zero-order valence-electron chi connectivity index (χ0n) is 8.52. The van der Waals surface area contributed by atoms with Crippen molar-refractivity contribution in [2.75, 3.05) is 0 Å². The fourth-order valence-electron chi connectivity index (χ4n) is 1.25. The van der Waals surface area contributed by atoms with E-state index in [2.05, 4.69) is 6.58 Å². The first-order valence-corrected chi connectivity index (χ1v) is 4.90. The Bertz CT molecular complexity index is 296. The number of primary amides is 1. The quantitative estimate of drug-likeness (QED) is 0.496. The minimum absolute atomic E-state index is 0.0537. The third kappa shape index (κ3) is 3.67. The molecule has 4 nitrogen and oxygen atoms in total. The number of carbonyl (C=O) groups excluding carboxylic acids is 2. The Hall–Kier alpha value is -1.42. The lowest BCUT2D eigenvalue weighted by Gasteiger charge is -1.91. The van der Waals surface area contributed by atoms with Crippen LogP contribution in [-0.2, 0) is 14.3 Å². The lowest BCUT2D eigenvalue weighted by Crippen LogP contribution is -2.22. The molecule has 0 unspecified atom stereocenters. The van der Waals surface area contributed by atoms with Crippen LogP contribution in [0.15, 0.2) is 24.8 Å². The van der Waals surface area contributed by atoms with E-state index in [0.29, 0.717) is 12.8 Å². The van der Waals surface area contributed by atoms with Crippen molar-refractivity contribution < 1.29 is 14.3 Å². The minimum Gasteiger partial charge on any atom is -0.367 e. The molecule has 1 saturated heterocycles. The Kier molecular flexibility index (Phi) is 4.24. The van der Waals surface area contributed by atoms with Crippen LogP contribution in [0.1, 0.15) is 19.3 Å². The van der Waals surface area contributed by atoms with Gasteiger partial charge in [0.05, 0.1) is 0 Å². The molecule has 1 fully saturated rings. The molecule has 4 heteroatoms. The lowest BCUT2D eigenvalue weighted by atomic mass is 10.1. The Morgan fingerprint density at radius 1 is 1.33 bits per heavy atom. The maximum absolute atomic E-state index is 11.4. The number of amides is 1. The molecule has 1 amide bonds. The van der Waals surface area contributed by atoms with E-state index < -0.39 is 18.1 Å². The maximum atomic E-state index is 11.4. The highest BCUT2D eigenvalue weighted by atomic mass is 16.6. The van der Waals surface area contributed by atoms with Crippen LogP contribution in [0.2, 0.25) is 0 Å². The molecule has 0 aliphatic carbocycles. The van der Waals surface area contributed by atoms with Crippen LogP contribution in [0.3, 0.4) is 0 Å². The van der Waals surface area contributed by atoms with Gasteiger partial charge in [-0.25, -0.2) is 0 Å². The average molecular weight is 209 g/mol. The fraction of sp³-hybridized carbons (Fsp3) is 0.455. The van der Waals surface area contributed by atoms with Crippen molar-refractivity contribution in [3.63, 3.8) is 0 Å². The van der Waals surface area contributed by atoms with Gasteiger partial charge in [0.15, 0.2) is 18.0 Å². The first kappa shape index (κ1) is 11.7. The number of ether oxygens (including phenoxy) is 1. The first-order chi connectivity index (χ1) is 7.16. The number of hydrogen-bond acceptors (Lipinski definition) is 3. The highest BCUT2D eigenvalue weighted by molar-refractivity contribution is 5.95. The summed E-state index contributed by atoms with van der Waals surface area (Å²) >= 11 is 0. The number of allylic oxidation sites excluding steroid dienone is 3. The second kappa shape index (κ2) is 5.46. The normalized spacial score (nSPS) is 24.0. The SMILES string of the molecule is C=CC/C=C/CCC(=O)[C@H]1O[C@H]1C(N)=O. The fourth-order valence-corrected chi connectivity index (χ4v) is 1.25. The van der Waals surface area contributed by atoms with E-state index in [0.717, 1.165) is 6.42 Å². The van der Waals surface area contributed by atoms with Gasteiger partial charge in [0, 0.05) is 6.42 Å². The van der Waals surface area contributed by atoms with Gasteiger partial charge in [-0.05, 0) is 12.8 Å². The second-order valence-corrected chi connectivity index (χ2v) is 3.38. The zero-order valence-corrected chi connectivity index (χ0v) is 8.52. The number of ketones is 1. The molecule has 0 aromatic heterocycles. The van der Waals surface area contributed by atoms with Crippen molar-refractivity contribution in [3.8, 4) is 0 Å². The van der Waals surface area contributed by atoms with Crippen LogP contribution in [-0.4, -0.2) is 23.9 Å². The van der Waals surface area contributed by atoms with Gasteiger partial charge in [0.1, 0.15) is 0 Å². The summed E-state index contributed by atoms with van der Waals surface area (Å²) in [7, 11) is 0. The van der Waals surface area contributed by atoms with E-state index in [1.54, 1.807) is 6.08 Å². The van der Waals surface area contributed by atoms with E-state index in [1.807, 2.05) is 12.2 Å². The van der Waals surface area contributed by atoms with Crippen LogP contribution in [0.5, 0.6) is 0 Å². The van der Waals surface area contributed by atoms with Crippen molar-refractivity contribution in [1.29, 1.82) is 0 Å². The molecule has 2 atom stereocenters. The number of carbonyl (C=O) groups is 2. The summed E-state index contributed by atoms with van der Waals surface area (Å²) in [5.41, 5.74) is 4.98. The summed E-state index contributed by atoms with van der Waals surface area (Å²) in [5.74, 6) is -0.613. The molecule has 0 bridgehead atoms. The molecule has 0 spiro atoms. The molecule has 1 aliphatic rings. The van der Waals surface area contributed by atoms with Crippen molar-refractivity contribution in [1.82, 2.24) is 0 Å². The van der Waals surface area contributed by atoms with E-state index in [1.165, 1.54) is 0 Å². The zero-order chi connectivity index (χ0) is 11.3. The van der Waals surface area contributed by atoms with E-state index in [9.17, 15) is 9.59 Å². The topological polar surface area (TPSA) is 72.7 Å². The smallest absolute Gasteiger partial charge is 0.249 e. The molecule has 1 rings (SSSR count). The van der Waals surface area contributed by atoms with Gasteiger partial charge in [-0.2, -0.15) is 0 Å². The molecular formula is C11H15NO3. The van der Waals surface area contributed by atoms with Crippen molar-refractivity contribution >= 4 is 11.7 Å². The van der Waals surface area contributed by atoms with Gasteiger partial charge in [0.25, 0.3) is 0 Å². The Balaban J connectivity index is 2.15. The van der Waals surface area contributed by atoms with Crippen LogP contribution in [0.25, 0.3) is 0 Å². The van der Waals surface area contributed by atoms with Gasteiger partial charge in [0.2, 0.25) is 5.91 Å². The molecule has 0 aromatic rings. The Labute approximate surface area is 88.8 Å². The summed E-state index contributed by atoms with van der Waals surface area (Å²) in [6.07, 6.45) is 6.23. The third-order valence-corrected chi connectivity index (χ3v) is 2.12. The van der Waals surface area contributed by atoms with Crippen LogP contribution in [0, 0.1) is 0 Å². The predicted molar refractivity (Wildman–Crippen MR) is 56.1 cm³/mol. The minimum atomic E-state index is -0.686. The van der Waals surface area contributed by atoms with Gasteiger partial charge in [-0.3, -0.25) is 9.59 Å². The molecule has 0 saturated carbocycles. The van der Waals surface area contributed by atoms with Gasteiger partial charge in [-0.1, -0.05) is 18.2 Å². The second-order valence-electron chi connectivity index (χ2n) is 3.38. The third-order valence-electron chi connectivity index (χ3n) is 2.12. The van der Waals surface area contributed by atoms with Crippen LogP contribution < -0.4 is 5.73 Å². The van der Waals surface area contributed by atoms with Gasteiger partial charge < -0.3 is 10.5 Å². The summed E-state index contributed by atoms with van der Waals surface area (Å²) in [5, 5.41) is 0. The lowest BCUT2D eigenvalue weighted by molar-refractivity contribution is -0.121. The summed E-state index contributed by atoms with van der Waals surface area (Å²) in [4.78, 5) is 22.0. The predicted octanol–water partition coefficient (Wildman–Crippen LogP) is 0.721. The van der Waals surface area contributed by atoms with Gasteiger partial charge in [-0.15, -0.1) is 6.58 Å². The molecule has 0 radical (unpaired) electrons. The number of nitrogens with two attached hydrogens (primary N) is 1. The maximum Gasteiger partial charge on any atom is 0.249 e. The monoisotopic (exact) mass is 209 g/mol. The number of epoxide rings is 1. The first-order valence-electron chi connectivity index (χ1n) is 4.90. The van der Waals surface area contributed by atoms with Crippen LogP contribution >= 0.6 is 0 Å². The molecular weight excluding hydrogens is 194 g/mol. The highest BCUT2D eigenvalue weighted by Gasteiger charge is 2.48. The van der Waals surface area contributed by atoms with Crippen molar-refractivity contribution in [2.45, 2.75) is 31.5 Å². The van der Waals surface area contributed by atoms with Gasteiger partial charge >= 0.3 is 0 Å². The molecule has 1 aliphatic heterocycles. The van der Waals surface area contributed by atoms with Crippen molar-refractivity contribution in [2.24, 2.45) is 5.73 Å². The Morgan fingerprint density at radius 2 is 2.07 bits per heavy atom. The van der Waals surface area contributed by atoms with Crippen molar-refractivity contribution in [3.05, 3.63) is 24.8 Å². The molecule has 0 aromatic carbocycles. The molecule has 15 heavy (non-hydrogen) atoms. The standard InChI is InChI=1S/C11H15NO3/c1-2-3-4-5-6-7-8(13)9-10(15-9)11(12)14/h2,4-5,9-10H,1,3,6-7H2,(H2,12,14)/b5-4+/t9-,10-/m1/s1. The summed E-state index contributed by atoms with van der Waals surface area (Å²) in [6.45, 7) is 3.57. The molecule has 2 N–H and O–H groups in total. The largest absolute Gasteiger partial charge is 0.367 e. The summed E-state index contributed by atoms with van der Waals surface area (Å²) < 4.78 is 4.85. The summed E-state index contributed by atoms with van der Waals surface area (Å²) in [6, 6.07) is 0. The Morgan fingerprint density at radius 3 is 2.60 bits per heavy atom. The number of rotatable bonds is 7. The molecule has 1 heterocycles. The number of Topliss-reactive ketones (excluding diaryl/α,β-unsaturated/α-hetero) is 1. The van der Waals surface area contributed by atoms with E-state index in [-0.39, 0.29) is 5.78 Å².